The van der Waals surface area contributed by atoms with Gasteiger partial charge in [-0.25, -0.2) is 0 Å². The van der Waals surface area contributed by atoms with E-state index < -0.39 is 0 Å². The molecule has 1 unspecified atom stereocenters. The first-order valence-electron chi connectivity index (χ1n) is 7.45. The molecule has 1 atom stereocenters. The van der Waals surface area contributed by atoms with Crippen LogP contribution >= 0.6 is 0 Å². The summed E-state index contributed by atoms with van der Waals surface area (Å²) in [4.78, 5) is 0. The minimum Gasteiger partial charge on any atom is -0.374 e. The van der Waals surface area contributed by atoms with Gasteiger partial charge in [0.2, 0.25) is 0 Å². The Bertz CT molecular complexity index is 495. The van der Waals surface area contributed by atoms with Crippen LogP contribution in [0.4, 0.5) is 5.69 Å². The summed E-state index contributed by atoms with van der Waals surface area (Å²) in [6.07, 6.45) is -0.317. The van der Waals surface area contributed by atoms with E-state index in [0.717, 1.165) is 11.3 Å². The SMILES string of the molecule is CCOC(OCC)C(Nc1ccccc1)c1ccccc1. The molecule has 0 aliphatic carbocycles. The van der Waals surface area contributed by atoms with Gasteiger partial charge in [-0.05, 0) is 31.5 Å². The quantitative estimate of drug-likeness (QED) is 0.736. The van der Waals surface area contributed by atoms with Gasteiger partial charge in [0, 0.05) is 18.9 Å². The van der Waals surface area contributed by atoms with E-state index in [-0.39, 0.29) is 12.3 Å². The van der Waals surface area contributed by atoms with Gasteiger partial charge >= 0.3 is 0 Å². The van der Waals surface area contributed by atoms with Crippen LogP contribution in [0.1, 0.15) is 25.5 Å². The molecule has 0 fully saturated rings. The van der Waals surface area contributed by atoms with Crippen molar-refractivity contribution in [2.24, 2.45) is 0 Å². The summed E-state index contributed by atoms with van der Waals surface area (Å²) in [5, 5.41) is 3.52. The highest BCUT2D eigenvalue weighted by molar-refractivity contribution is 5.45. The predicted molar refractivity (Wildman–Crippen MR) is 86.3 cm³/mol. The monoisotopic (exact) mass is 285 g/mol. The number of para-hydroxylation sites is 1. The Labute approximate surface area is 126 Å². The van der Waals surface area contributed by atoms with Crippen LogP contribution in [-0.2, 0) is 9.47 Å². The highest BCUT2D eigenvalue weighted by Gasteiger charge is 2.24. The molecule has 2 rings (SSSR count). The number of benzene rings is 2. The zero-order valence-electron chi connectivity index (χ0n) is 12.7. The lowest BCUT2D eigenvalue weighted by Gasteiger charge is -2.28. The highest BCUT2D eigenvalue weighted by atomic mass is 16.7. The van der Waals surface area contributed by atoms with Crippen molar-refractivity contribution >= 4 is 5.69 Å². The van der Waals surface area contributed by atoms with Crippen molar-refractivity contribution in [3.05, 3.63) is 66.2 Å². The van der Waals surface area contributed by atoms with Crippen LogP contribution in [0.2, 0.25) is 0 Å². The molecule has 0 bridgehead atoms. The van der Waals surface area contributed by atoms with Crippen LogP contribution in [0, 0.1) is 0 Å². The maximum absolute atomic E-state index is 5.79. The summed E-state index contributed by atoms with van der Waals surface area (Å²) in [7, 11) is 0. The van der Waals surface area contributed by atoms with Gasteiger partial charge in [0.15, 0.2) is 6.29 Å². The summed E-state index contributed by atoms with van der Waals surface area (Å²) in [5.41, 5.74) is 2.20. The molecule has 0 saturated heterocycles. The molecule has 0 radical (unpaired) electrons. The van der Waals surface area contributed by atoms with E-state index in [4.69, 9.17) is 9.47 Å². The predicted octanol–water partition coefficient (Wildman–Crippen LogP) is 4.24. The Balaban J connectivity index is 2.24. The Kier molecular flexibility index (Phi) is 6.25. The standard InChI is InChI=1S/C18H23NO2/c1-3-20-18(21-4-2)17(15-11-7-5-8-12-15)19-16-13-9-6-10-14-16/h5-14,17-19H,3-4H2,1-2H3. The average molecular weight is 285 g/mol. The van der Waals surface area contributed by atoms with E-state index in [9.17, 15) is 0 Å². The second-order valence-corrected chi connectivity index (χ2v) is 4.68. The summed E-state index contributed by atoms with van der Waals surface area (Å²) < 4.78 is 11.6. The Morgan fingerprint density at radius 3 is 1.86 bits per heavy atom. The van der Waals surface area contributed by atoms with Gasteiger partial charge in [-0.1, -0.05) is 48.5 Å². The smallest absolute Gasteiger partial charge is 0.181 e. The van der Waals surface area contributed by atoms with E-state index in [1.165, 1.54) is 0 Å². The molecule has 0 saturated carbocycles. The van der Waals surface area contributed by atoms with Gasteiger partial charge in [0.05, 0.1) is 0 Å². The van der Waals surface area contributed by atoms with Gasteiger partial charge < -0.3 is 14.8 Å². The number of hydrogen-bond donors (Lipinski definition) is 1. The minimum absolute atomic E-state index is 0.0477. The topological polar surface area (TPSA) is 30.5 Å². The average Bonchev–Trinajstić information content (AvgIpc) is 2.54. The first-order valence-corrected chi connectivity index (χ1v) is 7.45. The molecule has 21 heavy (non-hydrogen) atoms. The molecular weight excluding hydrogens is 262 g/mol. The third-order valence-electron chi connectivity index (χ3n) is 3.19. The van der Waals surface area contributed by atoms with Crippen molar-refractivity contribution in [3.8, 4) is 0 Å². The number of rotatable bonds is 8. The lowest BCUT2D eigenvalue weighted by atomic mass is 10.1. The van der Waals surface area contributed by atoms with E-state index in [0.29, 0.717) is 13.2 Å². The van der Waals surface area contributed by atoms with Crippen molar-refractivity contribution in [3.63, 3.8) is 0 Å². The number of anilines is 1. The molecule has 1 N–H and O–H groups in total. The maximum atomic E-state index is 5.79. The summed E-state index contributed by atoms with van der Waals surface area (Å²) in [6.45, 7) is 5.20. The Morgan fingerprint density at radius 1 is 0.810 bits per heavy atom. The van der Waals surface area contributed by atoms with Crippen molar-refractivity contribution in [1.82, 2.24) is 0 Å². The van der Waals surface area contributed by atoms with Gasteiger partial charge in [-0.2, -0.15) is 0 Å². The molecule has 0 amide bonds. The molecule has 112 valence electrons. The summed E-state index contributed by atoms with van der Waals surface area (Å²) in [6, 6.07) is 20.3. The van der Waals surface area contributed by atoms with Crippen molar-refractivity contribution < 1.29 is 9.47 Å². The summed E-state index contributed by atoms with van der Waals surface area (Å²) in [5.74, 6) is 0. The van der Waals surface area contributed by atoms with Crippen LogP contribution in [0.5, 0.6) is 0 Å². The van der Waals surface area contributed by atoms with E-state index in [2.05, 4.69) is 17.4 Å². The molecule has 3 nitrogen and oxygen atoms in total. The minimum atomic E-state index is -0.317. The van der Waals surface area contributed by atoms with Crippen LogP contribution in [-0.4, -0.2) is 19.5 Å². The molecular formula is C18H23NO2. The zero-order valence-corrected chi connectivity index (χ0v) is 12.7. The van der Waals surface area contributed by atoms with Gasteiger partial charge in [-0.15, -0.1) is 0 Å². The fraction of sp³-hybridized carbons (Fsp3) is 0.333. The first-order chi connectivity index (χ1) is 10.3. The van der Waals surface area contributed by atoms with Crippen LogP contribution in [0.15, 0.2) is 60.7 Å². The van der Waals surface area contributed by atoms with Gasteiger partial charge in [0.1, 0.15) is 6.04 Å². The summed E-state index contributed by atoms with van der Waals surface area (Å²) >= 11 is 0. The van der Waals surface area contributed by atoms with Crippen molar-refractivity contribution in [1.29, 1.82) is 0 Å². The lowest BCUT2D eigenvalue weighted by molar-refractivity contribution is -0.145. The molecule has 2 aromatic rings. The number of nitrogens with one attached hydrogen (secondary N) is 1. The van der Waals surface area contributed by atoms with E-state index in [1.807, 2.05) is 62.4 Å². The largest absolute Gasteiger partial charge is 0.374 e. The van der Waals surface area contributed by atoms with Crippen molar-refractivity contribution in [2.45, 2.75) is 26.2 Å². The van der Waals surface area contributed by atoms with Crippen molar-refractivity contribution in [2.75, 3.05) is 18.5 Å². The van der Waals surface area contributed by atoms with Crippen LogP contribution < -0.4 is 5.32 Å². The normalized spacial score (nSPS) is 12.3. The second kappa shape index (κ2) is 8.45. The first kappa shape index (κ1) is 15.5. The molecule has 0 heterocycles. The Hall–Kier alpha value is -1.84. The molecule has 0 aromatic heterocycles. The molecule has 2 aromatic carbocycles. The second-order valence-electron chi connectivity index (χ2n) is 4.68. The molecule has 0 spiro atoms. The third-order valence-corrected chi connectivity index (χ3v) is 3.19. The van der Waals surface area contributed by atoms with Crippen LogP contribution in [0.3, 0.4) is 0 Å². The molecule has 3 heteroatoms. The van der Waals surface area contributed by atoms with E-state index >= 15 is 0 Å². The lowest BCUT2D eigenvalue weighted by Crippen LogP contribution is -2.31. The Morgan fingerprint density at radius 2 is 1.33 bits per heavy atom. The van der Waals surface area contributed by atoms with Gasteiger partial charge in [0.25, 0.3) is 0 Å². The number of hydrogen-bond acceptors (Lipinski definition) is 3. The molecule has 0 aliphatic rings. The van der Waals surface area contributed by atoms with Crippen LogP contribution in [0.25, 0.3) is 0 Å². The molecule has 0 aliphatic heterocycles. The maximum Gasteiger partial charge on any atom is 0.181 e. The highest BCUT2D eigenvalue weighted by Crippen LogP contribution is 2.25. The van der Waals surface area contributed by atoms with Gasteiger partial charge in [-0.3, -0.25) is 0 Å². The third kappa shape index (κ3) is 4.59. The van der Waals surface area contributed by atoms with E-state index in [1.54, 1.807) is 0 Å². The fourth-order valence-corrected chi connectivity index (χ4v) is 2.25. The number of ether oxygens (including phenoxy) is 2. The fourth-order valence-electron chi connectivity index (χ4n) is 2.25. The zero-order chi connectivity index (χ0) is 14.9.